The molecule has 4 aromatic carbocycles. The van der Waals surface area contributed by atoms with Gasteiger partial charge in [0, 0.05) is 29.8 Å². The largest absolute Gasteiger partial charge is 0.497 e. The minimum Gasteiger partial charge on any atom is -0.497 e. The van der Waals surface area contributed by atoms with Crippen molar-refractivity contribution < 1.29 is 28.5 Å². The summed E-state index contributed by atoms with van der Waals surface area (Å²) in [6.07, 6.45) is 3.69. The number of hydrogen-bond acceptors (Lipinski definition) is 4. The molecule has 1 N–H and O–H groups in total. The third-order valence-corrected chi connectivity index (χ3v) is 9.14. The summed E-state index contributed by atoms with van der Waals surface area (Å²) in [4.78, 5) is 11.9. The van der Waals surface area contributed by atoms with Crippen LogP contribution in [0.4, 0.5) is 4.39 Å². The van der Waals surface area contributed by atoms with Crippen LogP contribution in [0.3, 0.4) is 0 Å². The highest BCUT2D eigenvalue weighted by Crippen LogP contribution is 2.49. The van der Waals surface area contributed by atoms with Gasteiger partial charge in [-0.1, -0.05) is 43.3 Å². The first-order valence-electron chi connectivity index (χ1n) is 15.0. The fourth-order valence-corrected chi connectivity index (χ4v) is 6.67. The van der Waals surface area contributed by atoms with E-state index < -0.39 is 18.0 Å². The quantitative estimate of drug-likeness (QED) is 0.196. The van der Waals surface area contributed by atoms with Gasteiger partial charge in [0.1, 0.15) is 18.2 Å². The van der Waals surface area contributed by atoms with E-state index in [0.29, 0.717) is 35.3 Å². The van der Waals surface area contributed by atoms with Gasteiger partial charge in [0.15, 0.2) is 17.6 Å². The zero-order valence-electron chi connectivity index (χ0n) is 24.9. The van der Waals surface area contributed by atoms with Crippen molar-refractivity contribution in [2.45, 2.75) is 31.8 Å². The van der Waals surface area contributed by atoms with Crippen molar-refractivity contribution in [1.82, 2.24) is 4.57 Å². The number of methoxy groups -OCH3 is 1. The summed E-state index contributed by atoms with van der Waals surface area (Å²) < 4.78 is 35.6. The molecule has 1 aliphatic carbocycles. The molecule has 0 amide bonds. The molecule has 6 nitrogen and oxygen atoms in total. The van der Waals surface area contributed by atoms with Crippen molar-refractivity contribution in [3.8, 4) is 39.5 Å². The van der Waals surface area contributed by atoms with Crippen molar-refractivity contribution in [2.24, 2.45) is 18.9 Å². The van der Waals surface area contributed by atoms with Gasteiger partial charge in [-0.05, 0) is 89.4 Å². The van der Waals surface area contributed by atoms with Gasteiger partial charge < -0.3 is 23.9 Å². The maximum Gasteiger partial charge on any atom is 0.306 e. The Labute approximate surface area is 255 Å². The number of halogens is 1. The number of aryl methyl sites for hydroxylation is 1. The minimum atomic E-state index is -0.789. The van der Waals surface area contributed by atoms with Crippen LogP contribution in [0.15, 0.2) is 85.1 Å². The van der Waals surface area contributed by atoms with Crippen LogP contribution in [0, 0.1) is 17.7 Å². The summed E-state index contributed by atoms with van der Waals surface area (Å²) in [6.45, 7) is 2.09. The van der Waals surface area contributed by atoms with Crippen LogP contribution >= 0.6 is 0 Å². The van der Waals surface area contributed by atoms with Crippen LogP contribution in [0.25, 0.3) is 33.2 Å². The summed E-state index contributed by atoms with van der Waals surface area (Å²) in [5.74, 6) is 0.506. The highest BCUT2D eigenvalue weighted by Gasteiger charge is 2.39. The first-order chi connectivity index (χ1) is 21.3. The maximum atomic E-state index is 15.4. The molecule has 1 fully saturated rings. The van der Waals surface area contributed by atoms with Crippen molar-refractivity contribution in [2.75, 3.05) is 13.7 Å². The lowest BCUT2D eigenvalue weighted by molar-refractivity contribution is -0.142. The molecule has 3 unspecified atom stereocenters. The first-order valence-corrected chi connectivity index (χ1v) is 15.0. The molecule has 1 saturated carbocycles. The number of ether oxygens (including phenoxy) is 3. The van der Waals surface area contributed by atoms with Crippen molar-refractivity contribution in [3.05, 3.63) is 102 Å². The molecular weight excluding hydrogens is 557 g/mol. The molecule has 7 heteroatoms. The Hall–Kier alpha value is -4.78. The monoisotopic (exact) mass is 591 g/mol. The van der Waals surface area contributed by atoms with E-state index >= 15 is 4.39 Å². The third-order valence-electron chi connectivity index (χ3n) is 9.14. The molecular formula is C37H34FNO5. The summed E-state index contributed by atoms with van der Waals surface area (Å²) in [7, 11) is 3.58. The molecule has 224 valence electrons. The molecule has 0 radical (unpaired) electrons. The number of aliphatic carboxylic acids is 1. The van der Waals surface area contributed by atoms with Gasteiger partial charge in [-0.3, -0.25) is 4.79 Å². The fraction of sp³-hybridized carbons (Fsp3) is 0.270. The average Bonchev–Trinajstić information content (AvgIpc) is 3.81. The van der Waals surface area contributed by atoms with Gasteiger partial charge in [0.25, 0.3) is 0 Å². The maximum absolute atomic E-state index is 15.4. The van der Waals surface area contributed by atoms with Crippen LogP contribution in [-0.4, -0.2) is 29.4 Å². The number of fused-ring (bicyclic) bond motifs is 2. The number of carbonyl (C=O) groups is 1. The number of carboxylic acid groups (broad SMARTS) is 1. The number of carboxylic acids is 1. The zero-order chi connectivity index (χ0) is 30.5. The molecule has 0 spiro atoms. The third kappa shape index (κ3) is 4.96. The van der Waals surface area contributed by atoms with Gasteiger partial charge in [-0.25, -0.2) is 4.39 Å². The predicted octanol–water partition coefficient (Wildman–Crippen LogP) is 8.39. The lowest BCUT2D eigenvalue weighted by Crippen LogP contribution is -2.23. The van der Waals surface area contributed by atoms with Gasteiger partial charge in [-0.2, -0.15) is 0 Å². The standard InChI is InChI=1S/C37H34FNO5/c1-21(37(40)41)35(22-7-8-22)25-10-14-32-33(18-25)44-34(20-43-32)24-9-12-27(30-19-26(42-3)11-13-31(30)38)29(17-24)28-6-4-5-23-15-16-39(2)36(23)28/h4-6,9-19,21-22,34-35H,7-8,20H2,1-3H3,(H,40,41). The summed E-state index contributed by atoms with van der Waals surface area (Å²) in [6, 6.07) is 24.8. The Morgan fingerprint density at radius 3 is 2.57 bits per heavy atom. The summed E-state index contributed by atoms with van der Waals surface area (Å²) >= 11 is 0. The van der Waals surface area contributed by atoms with Gasteiger partial charge in [0.2, 0.25) is 0 Å². The Morgan fingerprint density at radius 2 is 1.80 bits per heavy atom. The number of para-hydroxylation sites is 1. The van der Waals surface area contributed by atoms with E-state index in [1.54, 1.807) is 26.2 Å². The van der Waals surface area contributed by atoms with Crippen LogP contribution in [0.1, 0.15) is 42.9 Å². The van der Waals surface area contributed by atoms with E-state index in [4.69, 9.17) is 14.2 Å². The first kappa shape index (κ1) is 28.0. The second kappa shape index (κ2) is 11.1. The molecule has 2 aliphatic rings. The number of rotatable bonds is 8. The number of aromatic nitrogens is 1. The molecule has 5 aromatic rings. The summed E-state index contributed by atoms with van der Waals surface area (Å²) in [5.41, 5.74) is 5.94. The van der Waals surface area contributed by atoms with Crippen LogP contribution < -0.4 is 14.2 Å². The Morgan fingerprint density at radius 1 is 0.955 bits per heavy atom. The van der Waals surface area contributed by atoms with Crippen molar-refractivity contribution >= 4 is 16.9 Å². The highest BCUT2D eigenvalue weighted by molar-refractivity contribution is 5.99. The SMILES string of the molecule is COc1ccc(F)c(-c2ccc(C3COc4ccc(C(C5CC5)C(C)C(=O)O)cc4O3)cc2-c2cccc3ccn(C)c23)c1. The molecule has 3 atom stereocenters. The average molecular weight is 592 g/mol. The number of benzene rings is 4. The van der Waals surface area contributed by atoms with Crippen LogP contribution in [-0.2, 0) is 11.8 Å². The van der Waals surface area contributed by atoms with Gasteiger partial charge in [-0.15, -0.1) is 0 Å². The zero-order valence-corrected chi connectivity index (χ0v) is 24.9. The van der Waals surface area contributed by atoms with Crippen LogP contribution in [0.5, 0.6) is 17.2 Å². The van der Waals surface area contributed by atoms with E-state index in [-0.39, 0.29) is 11.7 Å². The minimum absolute atomic E-state index is 0.0730. The second-order valence-electron chi connectivity index (χ2n) is 11.9. The normalized spacial score (nSPS) is 17.3. The molecule has 1 aliphatic heterocycles. The predicted molar refractivity (Wildman–Crippen MR) is 168 cm³/mol. The Kier molecular flexibility index (Phi) is 7.04. The van der Waals surface area contributed by atoms with Crippen LogP contribution in [0.2, 0.25) is 0 Å². The molecule has 7 rings (SSSR count). The van der Waals surface area contributed by atoms with E-state index in [1.807, 2.05) is 49.6 Å². The Bertz CT molecular complexity index is 1890. The lowest BCUT2D eigenvalue weighted by atomic mass is 9.83. The lowest BCUT2D eigenvalue weighted by Gasteiger charge is -2.29. The number of nitrogens with zero attached hydrogens (tertiary/aromatic N) is 1. The molecule has 0 bridgehead atoms. The van der Waals surface area contributed by atoms with E-state index in [2.05, 4.69) is 28.8 Å². The summed E-state index contributed by atoms with van der Waals surface area (Å²) in [5, 5.41) is 10.9. The molecule has 44 heavy (non-hydrogen) atoms. The highest BCUT2D eigenvalue weighted by atomic mass is 19.1. The fourth-order valence-electron chi connectivity index (χ4n) is 6.67. The van der Waals surface area contributed by atoms with E-state index in [0.717, 1.165) is 51.6 Å². The smallest absolute Gasteiger partial charge is 0.306 e. The number of hydrogen-bond donors (Lipinski definition) is 1. The topological polar surface area (TPSA) is 69.9 Å². The van der Waals surface area contributed by atoms with Crippen molar-refractivity contribution in [3.63, 3.8) is 0 Å². The van der Waals surface area contributed by atoms with Crippen molar-refractivity contribution in [1.29, 1.82) is 0 Å². The van der Waals surface area contributed by atoms with Gasteiger partial charge in [0.05, 0.1) is 18.5 Å². The molecule has 1 aromatic heterocycles. The van der Waals surface area contributed by atoms with E-state index in [1.165, 1.54) is 6.07 Å². The molecule has 0 saturated heterocycles. The van der Waals surface area contributed by atoms with Gasteiger partial charge >= 0.3 is 5.97 Å². The second-order valence-corrected chi connectivity index (χ2v) is 11.9. The Balaban J connectivity index is 1.31. The van der Waals surface area contributed by atoms with E-state index in [9.17, 15) is 9.90 Å². The molecule has 2 heterocycles.